The molecule has 1 saturated heterocycles. The summed E-state index contributed by atoms with van der Waals surface area (Å²) >= 11 is 0. The summed E-state index contributed by atoms with van der Waals surface area (Å²) in [6.07, 6.45) is 8.78. The van der Waals surface area contributed by atoms with E-state index in [4.69, 9.17) is 0 Å². The van der Waals surface area contributed by atoms with E-state index in [2.05, 4.69) is 18.7 Å². The van der Waals surface area contributed by atoms with E-state index < -0.39 is 0 Å². The van der Waals surface area contributed by atoms with E-state index >= 15 is 0 Å². The Morgan fingerprint density at radius 2 is 1.94 bits per heavy atom. The molecular weight excluding hydrogens is 210 g/mol. The first-order chi connectivity index (χ1) is 8.13. The maximum Gasteiger partial charge on any atom is 0.0568 e. The van der Waals surface area contributed by atoms with Gasteiger partial charge in [-0.25, -0.2) is 0 Å². The van der Waals surface area contributed by atoms with Crippen molar-refractivity contribution in [2.75, 3.05) is 19.6 Å². The minimum absolute atomic E-state index is 0.000646. The average Bonchev–Trinajstić information content (AvgIpc) is 2.74. The zero-order valence-electron chi connectivity index (χ0n) is 11.6. The van der Waals surface area contributed by atoms with Gasteiger partial charge < -0.3 is 10.0 Å². The van der Waals surface area contributed by atoms with Crippen LogP contribution in [0.5, 0.6) is 0 Å². The van der Waals surface area contributed by atoms with Crippen LogP contribution >= 0.6 is 0 Å². The minimum Gasteiger partial charge on any atom is -0.393 e. The molecule has 2 heteroatoms. The number of aliphatic hydroxyl groups is 1. The molecule has 0 spiro atoms. The lowest BCUT2D eigenvalue weighted by atomic mass is 9.78. The van der Waals surface area contributed by atoms with Crippen LogP contribution < -0.4 is 0 Å². The number of hydrogen-bond donors (Lipinski definition) is 1. The maximum atomic E-state index is 9.82. The monoisotopic (exact) mass is 239 g/mol. The lowest BCUT2D eigenvalue weighted by Gasteiger charge is -2.39. The Labute approximate surface area is 106 Å². The molecule has 2 nitrogen and oxygen atoms in total. The summed E-state index contributed by atoms with van der Waals surface area (Å²) < 4.78 is 0. The van der Waals surface area contributed by atoms with Crippen molar-refractivity contribution in [2.45, 2.75) is 64.9 Å². The van der Waals surface area contributed by atoms with Gasteiger partial charge in [-0.3, -0.25) is 0 Å². The van der Waals surface area contributed by atoms with Crippen molar-refractivity contribution in [1.29, 1.82) is 0 Å². The molecule has 0 amide bonds. The van der Waals surface area contributed by atoms with Crippen molar-refractivity contribution in [3.05, 3.63) is 0 Å². The van der Waals surface area contributed by atoms with E-state index in [9.17, 15) is 5.11 Å². The van der Waals surface area contributed by atoms with Gasteiger partial charge in [-0.1, -0.05) is 26.7 Å². The Kier molecular flexibility index (Phi) is 4.48. The maximum absolute atomic E-state index is 9.82. The van der Waals surface area contributed by atoms with Crippen molar-refractivity contribution < 1.29 is 5.11 Å². The van der Waals surface area contributed by atoms with Crippen LogP contribution in [0.15, 0.2) is 0 Å². The topological polar surface area (TPSA) is 23.5 Å². The van der Waals surface area contributed by atoms with E-state index in [-0.39, 0.29) is 6.10 Å². The Bertz CT molecular complexity index is 233. The Hall–Kier alpha value is -0.0800. The molecule has 1 N–H and O–H groups in total. The van der Waals surface area contributed by atoms with Crippen LogP contribution in [-0.2, 0) is 0 Å². The lowest BCUT2D eigenvalue weighted by Crippen LogP contribution is -2.39. The summed E-state index contributed by atoms with van der Waals surface area (Å²) in [5.74, 6) is 0.592. The summed E-state index contributed by atoms with van der Waals surface area (Å²) in [4.78, 5) is 2.61. The third-order valence-electron chi connectivity index (χ3n) is 5.35. The summed E-state index contributed by atoms with van der Waals surface area (Å²) in [5, 5.41) is 9.82. The van der Waals surface area contributed by atoms with Crippen molar-refractivity contribution in [2.24, 2.45) is 11.3 Å². The molecule has 0 aromatic rings. The fourth-order valence-electron chi connectivity index (χ4n) is 3.37. The van der Waals surface area contributed by atoms with Crippen LogP contribution in [0.2, 0.25) is 0 Å². The predicted octanol–water partition coefficient (Wildman–Crippen LogP) is 3.05. The van der Waals surface area contributed by atoms with Gasteiger partial charge in [0, 0.05) is 0 Å². The molecule has 2 atom stereocenters. The highest BCUT2D eigenvalue weighted by molar-refractivity contribution is 4.83. The van der Waals surface area contributed by atoms with E-state index in [1.807, 2.05) is 0 Å². The van der Waals surface area contributed by atoms with Crippen LogP contribution in [0.4, 0.5) is 0 Å². The summed E-state index contributed by atoms with van der Waals surface area (Å²) in [6, 6.07) is 0. The van der Waals surface area contributed by atoms with Gasteiger partial charge in [0.25, 0.3) is 0 Å². The van der Waals surface area contributed by atoms with E-state index in [1.165, 1.54) is 58.2 Å². The Balaban J connectivity index is 1.68. The van der Waals surface area contributed by atoms with Crippen molar-refractivity contribution in [3.8, 4) is 0 Å². The normalized spacial score (nSPS) is 34.1. The van der Waals surface area contributed by atoms with Gasteiger partial charge in [-0.15, -0.1) is 0 Å². The largest absolute Gasteiger partial charge is 0.393 e. The first-order valence-electron chi connectivity index (χ1n) is 7.53. The molecule has 17 heavy (non-hydrogen) atoms. The van der Waals surface area contributed by atoms with E-state index in [0.29, 0.717) is 11.3 Å². The van der Waals surface area contributed by atoms with Gasteiger partial charge in [0.15, 0.2) is 0 Å². The van der Waals surface area contributed by atoms with Crippen molar-refractivity contribution in [1.82, 2.24) is 4.90 Å². The third kappa shape index (κ3) is 3.45. The van der Waals surface area contributed by atoms with Crippen LogP contribution in [0.3, 0.4) is 0 Å². The molecule has 100 valence electrons. The minimum atomic E-state index is 0.000646. The van der Waals surface area contributed by atoms with Gasteiger partial charge in [-0.2, -0.15) is 0 Å². The zero-order valence-corrected chi connectivity index (χ0v) is 11.6. The van der Waals surface area contributed by atoms with E-state index in [1.54, 1.807) is 0 Å². The number of piperidine rings is 1. The van der Waals surface area contributed by atoms with Gasteiger partial charge >= 0.3 is 0 Å². The number of hydrogen-bond acceptors (Lipinski definition) is 2. The van der Waals surface area contributed by atoms with Crippen LogP contribution in [0.25, 0.3) is 0 Å². The second-order valence-corrected chi connectivity index (χ2v) is 6.55. The molecular formula is C15H29NO. The molecule has 0 aromatic heterocycles. The molecule has 1 aliphatic carbocycles. The molecule has 1 aliphatic heterocycles. The second-order valence-electron chi connectivity index (χ2n) is 6.55. The predicted molar refractivity (Wildman–Crippen MR) is 72.0 cm³/mol. The smallest absolute Gasteiger partial charge is 0.0568 e. The SMILES string of the molecule is CCC1(C)CCN(CCC2CCCC2O)CC1. The number of aliphatic hydroxyl groups excluding tert-OH is 1. The fourth-order valence-corrected chi connectivity index (χ4v) is 3.37. The molecule has 1 heterocycles. The van der Waals surface area contributed by atoms with Gasteiger partial charge in [0.05, 0.1) is 6.10 Å². The molecule has 2 aliphatic rings. The van der Waals surface area contributed by atoms with Gasteiger partial charge in [0.1, 0.15) is 0 Å². The average molecular weight is 239 g/mol. The Morgan fingerprint density at radius 3 is 2.47 bits per heavy atom. The van der Waals surface area contributed by atoms with Crippen molar-refractivity contribution in [3.63, 3.8) is 0 Å². The van der Waals surface area contributed by atoms with Crippen LogP contribution in [0.1, 0.15) is 58.8 Å². The molecule has 0 radical (unpaired) electrons. The molecule has 2 rings (SSSR count). The number of nitrogens with zero attached hydrogens (tertiary/aromatic N) is 1. The van der Waals surface area contributed by atoms with Crippen molar-refractivity contribution >= 4 is 0 Å². The zero-order chi connectivity index (χ0) is 12.3. The molecule has 0 aromatic carbocycles. The highest BCUT2D eigenvalue weighted by atomic mass is 16.3. The van der Waals surface area contributed by atoms with Crippen LogP contribution in [-0.4, -0.2) is 35.7 Å². The highest BCUT2D eigenvalue weighted by Crippen LogP contribution is 2.34. The fraction of sp³-hybridized carbons (Fsp3) is 1.00. The second kappa shape index (κ2) is 5.71. The quantitative estimate of drug-likeness (QED) is 0.815. The number of likely N-dealkylation sites (tertiary alicyclic amines) is 1. The molecule has 2 fully saturated rings. The number of rotatable bonds is 4. The van der Waals surface area contributed by atoms with Gasteiger partial charge in [-0.05, 0) is 63.1 Å². The van der Waals surface area contributed by atoms with Crippen LogP contribution in [0, 0.1) is 11.3 Å². The Morgan fingerprint density at radius 1 is 1.24 bits per heavy atom. The lowest BCUT2D eigenvalue weighted by molar-refractivity contribution is 0.0892. The first-order valence-corrected chi connectivity index (χ1v) is 7.53. The first kappa shape index (κ1) is 13.4. The molecule has 0 bridgehead atoms. The molecule has 1 saturated carbocycles. The highest BCUT2D eigenvalue weighted by Gasteiger charge is 2.29. The standard InChI is InChI=1S/C15H29NO/c1-3-15(2)8-11-16(12-9-15)10-7-13-5-4-6-14(13)17/h13-14,17H,3-12H2,1-2H3. The summed E-state index contributed by atoms with van der Waals surface area (Å²) in [5.41, 5.74) is 0.601. The third-order valence-corrected chi connectivity index (χ3v) is 5.35. The summed E-state index contributed by atoms with van der Waals surface area (Å²) in [7, 11) is 0. The molecule has 2 unspecified atom stereocenters. The van der Waals surface area contributed by atoms with E-state index in [0.717, 1.165) is 6.42 Å². The summed E-state index contributed by atoms with van der Waals surface area (Å²) in [6.45, 7) is 8.51. The van der Waals surface area contributed by atoms with Gasteiger partial charge in [0.2, 0.25) is 0 Å².